The molecule has 64 valence electrons. The second kappa shape index (κ2) is 3.25. The maximum atomic E-state index is 9.93. The molecule has 0 N–H and O–H groups in total. The van der Waals surface area contributed by atoms with Gasteiger partial charge >= 0.3 is 0 Å². The molecule has 2 rings (SSSR count). The Balaban J connectivity index is 2.54. The zero-order valence-electron chi connectivity index (χ0n) is 6.86. The summed E-state index contributed by atoms with van der Waals surface area (Å²) in [4.78, 5) is 13.4. The monoisotopic (exact) mass is 173 g/mol. The fourth-order valence-corrected chi connectivity index (χ4v) is 1.30. The Bertz CT molecular complexity index is 466. The lowest BCUT2D eigenvalue weighted by Crippen LogP contribution is -1.80. The van der Waals surface area contributed by atoms with E-state index in [1.807, 2.05) is 24.3 Å². The minimum Gasteiger partial charge on any atom is -0.464 e. The third-order valence-electron chi connectivity index (χ3n) is 1.87. The normalized spacial score (nSPS) is 9.85. The maximum Gasteiger partial charge on any atom is 0.235 e. The summed E-state index contributed by atoms with van der Waals surface area (Å²) in [5.74, 6) is 0. The number of hydrogen-bond donors (Lipinski definition) is 0. The molecule has 0 spiro atoms. The van der Waals surface area contributed by atoms with Crippen LogP contribution in [0.5, 0.6) is 0 Å². The van der Waals surface area contributed by atoms with E-state index in [1.54, 1.807) is 6.26 Å². The van der Waals surface area contributed by atoms with Gasteiger partial charge in [-0.05, 0) is 6.07 Å². The van der Waals surface area contributed by atoms with E-state index in [0.29, 0.717) is 6.54 Å². The topological polar surface area (TPSA) is 42.6 Å². The van der Waals surface area contributed by atoms with Gasteiger partial charge in [-0.3, -0.25) is 0 Å². The first-order chi connectivity index (χ1) is 6.42. The predicted molar refractivity (Wildman–Crippen MR) is 48.0 cm³/mol. The first-order valence-corrected chi connectivity index (χ1v) is 3.90. The van der Waals surface area contributed by atoms with Crippen LogP contribution in [0.2, 0.25) is 0 Å². The van der Waals surface area contributed by atoms with Crippen molar-refractivity contribution >= 4 is 17.0 Å². The lowest BCUT2D eigenvalue weighted by Gasteiger charge is -1.95. The Morgan fingerprint density at radius 1 is 1.38 bits per heavy atom. The lowest BCUT2D eigenvalue weighted by atomic mass is 10.1. The summed E-state index contributed by atoms with van der Waals surface area (Å²) in [5, 5.41) is 1.03. The highest BCUT2D eigenvalue weighted by atomic mass is 16.3. The van der Waals surface area contributed by atoms with Crippen LogP contribution in [0.15, 0.2) is 39.9 Å². The maximum absolute atomic E-state index is 9.93. The molecule has 0 fully saturated rings. The first-order valence-electron chi connectivity index (χ1n) is 3.90. The van der Waals surface area contributed by atoms with Crippen LogP contribution < -0.4 is 0 Å². The molecule has 13 heavy (non-hydrogen) atoms. The number of rotatable bonds is 2. The van der Waals surface area contributed by atoms with Crippen LogP contribution in [0.25, 0.3) is 11.0 Å². The Morgan fingerprint density at radius 3 is 3.15 bits per heavy atom. The third kappa shape index (κ3) is 1.37. The predicted octanol–water partition coefficient (Wildman–Crippen LogP) is 2.27. The summed E-state index contributed by atoms with van der Waals surface area (Å²) in [6.45, 7) is 0.328. The quantitative estimate of drug-likeness (QED) is 0.516. The molecule has 0 saturated heterocycles. The van der Waals surface area contributed by atoms with E-state index in [4.69, 9.17) is 4.42 Å². The van der Waals surface area contributed by atoms with Gasteiger partial charge in [0, 0.05) is 10.9 Å². The number of isocyanates is 1. The molecule has 0 atom stereocenters. The van der Waals surface area contributed by atoms with Gasteiger partial charge in [-0.2, -0.15) is 0 Å². The average molecular weight is 173 g/mol. The number of aliphatic imine (C=N–C) groups is 1. The van der Waals surface area contributed by atoms with Crippen molar-refractivity contribution in [3.63, 3.8) is 0 Å². The second-order valence-electron chi connectivity index (χ2n) is 2.66. The molecule has 0 bridgehead atoms. The van der Waals surface area contributed by atoms with E-state index in [9.17, 15) is 4.79 Å². The highest BCUT2D eigenvalue weighted by Gasteiger charge is 2.01. The Labute approximate surface area is 74.7 Å². The van der Waals surface area contributed by atoms with Gasteiger partial charge in [0.2, 0.25) is 6.08 Å². The van der Waals surface area contributed by atoms with Crippen LogP contribution in [-0.4, -0.2) is 6.08 Å². The molecule has 0 unspecified atom stereocenters. The van der Waals surface area contributed by atoms with Crippen molar-refractivity contribution in [1.82, 2.24) is 0 Å². The summed E-state index contributed by atoms with van der Waals surface area (Å²) in [5.41, 5.74) is 1.70. The van der Waals surface area contributed by atoms with Gasteiger partial charge in [0.15, 0.2) is 0 Å². The Kier molecular flexibility index (Phi) is 1.94. The molecule has 0 aliphatic heterocycles. The fourth-order valence-electron chi connectivity index (χ4n) is 1.30. The van der Waals surface area contributed by atoms with Gasteiger partial charge in [-0.15, -0.1) is 0 Å². The van der Waals surface area contributed by atoms with Gasteiger partial charge in [0.25, 0.3) is 0 Å². The zero-order valence-corrected chi connectivity index (χ0v) is 6.86. The second-order valence-corrected chi connectivity index (χ2v) is 2.66. The molecule has 3 heteroatoms. The molecule has 1 aromatic carbocycles. The molecule has 0 aliphatic rings. The molecule has 0 aliphatic carbocycles. The van der Waals surface area contributed by atoms with Gasteiger partial charge in [-0.25, -0.2) is 9.79 Å². The minimum absolute atomic E-state index is 0.328. The molecule has 1 aromatic heterocycles. The highest BCUT2D eigenvalue weighted by molar-refractivity contribution is 5.80. The van der Waals surface area contributed by atoms with Crippen LogP contribution in [0.3, 0.4) is 0 Å². The van der Waals surface area contributed by atoms with Gasteiger partial charge in [-0.1, -0.05) is 18.2 Å². The third-order valence-corrected chi connectivity index (χ3v) is 1.87. The molecule has 3 nitrogen and oxygen atoms in total. The smallest absolute Gasteiger partial charge is 0.235 e. The average Bonchev–Trinajstić information content (AvgIpc) is 2.62. The summed E-state index contributed by atoms with van der Waals surface area (Å²) in [6.07, 6.45) is 3.13. The fraction of sp³-hybridized carbons (Fsp3) is 0.100. The number of nitrogens with zero attached hydrogens (tertiary/aromatic N) is 1. The lowest BCUT2D eigenvalue weighted by molar-refractivity contribution is 0.562. The summed E-state index contributed by atoms with van der Waals surface area (Å²) in [7, 11) is 0. The van der Waals surface area contributed by atoms with Crippen LogP contribution in [-0.2, 0) is 11.3 Å². The van der Waals surface area contributed by atoms with E-state index in [0.717, 1.165) is 16.5 Å². The molecule has 0 radical (unpaired) electrons. The summed E-state index contributed by atoms with van der Waals surface area (Å²) in [6, 6.07) is 7.62. The minimum atomic E-state index is 0.328. The Hall–Kier alpha value is -1.86. The number of benzene rings is 1. The van der Waals surface area contributed by atoms with Gasteiger partial charge in [0.05, 0.1) is 12.8 Å². The van der Waals surface area contributed by atoms with Crippen molar-refractivity contribution in [2.45, 2.75) is 6.54 Å². The van der Waals surface area contributed by atoms with Crippen molar-refractivity contribution < 1.29 is 9.21 Å². The molecular formula is C10H7NO2. The van der Waals surface area contributed by atoms with Crippen LogP contribution in [0.1, 0.15) is 5.56 Å². The van der Waals surface area contributed by atoms with Crippen LogP contribution >= 0.6 is 0 Å². The standard InChI is InChI=1S/C10H7NO2/c12-7-11-6-9-3-1-2-8-4-5-13-10(8)9/h1-5H,6H2. The van der Waals surface area contributed by atoms with Crippen molar-refractivity contribution in [3.05, 3.63) is 36.1 Å². The largest absolute Gasteiger partial charge is 0.464 e. The molecule has 1 heterocycles. The molecule has 2 aromatic rings. The van der Waals surface area contributed by atoms with Crippen LogP contribution in [0.4, 0.5) is 0 Å². The van der Waals surface area contributed by atoms with Gasteiger partial charge in [0.1, 0.15) is 5.58 Å². The zero-order chi connectivity index (χ0) is 9.10. The summed E-state index contributed by atoms with van der Waals surface area (Å²) < 4.78 is 5.26. The van der Waals surface area contributed by atoms with Gasteiger partial charge < -0.3 is 4.42 Å². The van der Waals surface area contributed by atoms with Crippen molar-refractivity contribution in [2.24, 2.45) is 4.99 Å². The number of hydrogen-bond acceptors (Lipinski definition) is 3. The number of furan rings is 1. The van der Waals surface area contributed by atoms with Crippen molar-refractivity contribution in [2.75, 3.05) is 0 Å². The molecule has 0 saturated carbocycles. The first kappa shape index (κ1) is 7.77. The number of fused-ring (bicyclic) bond motifs is 1. The Morgan fingerprint density at radius 2 is 2.31 bits per heavy atom. The molecule has 0 amide bonds. The van der Waals surface area contributed by atoms with Crippen molar-refractivity contribution in [3.8, 4) is 0 Å². The summed E-state index contributed by atoms with van der Waals surface area (Å²) >= 11 is 0. The van der Waals surface area contributed by atoms with E-state index in [2.05, 4.69) is 4.99 Å². The van der Waals surface area contributed by atoms with E-state index >= 15 is 0 Å². The van der Waals surface area contributed by atoms with Crippen LogP contribution in [0, 0.1) is 0 Å². The number of carbonyl (C=O) groups excluding carboxylic acids is 1. The highest BCUT2D eigenvalue weighted by Crippen LogP contribution is 2.20. The number of para-hydroxylation sites is 1. The van der Waals surface area contributed by atoms with Crippen molar-refractivity contribution in [1.29, 1.82) is 0 Å². The van der Waals surface area contributed by atoms with E-state index in [1.165, 1.54) is 6.08 Å². The van der Waals surface area contributed by atoms with E-state index < -0.39 is 0 Å². The molecular weight excluding hydrogens is 166 g/mol. The SMILES string of the molecule is O=C=NCc1cccc2ccoc12. The van der Waals surface area contributed by atoms with E-state index in [-0.39, 0.29) is 0 Å².